The third-order valence-corrected chi connectivity index (χ3v) is 1.79. The predicted molar refractivity (Wildman–Crippen MR) is 43.8 cm³/mol. The molecule has 0 aliphatic rings. The van der Waals surface area contributed by atoms with Crippen LogP contribution in [-0.4, -0.2) is 33.3 Å². The minimum atomic E-state index is 0.395. The molecule has 0 amide bonds. The lowest BCUT2D eigenvalue weighted by atomic mass is 10.5. The first kappa shape index (κ1) is 8.26. The van der Waals surface area contributed by atoms with E-state index < -0.39 is 0 Å². The van der Waals surface area contributed by atoms with Crippen LogP contribution in [0, 0.1) is 0 Å². The van der Waals surface area contributed by atoms with Crippen molar-refractivity contribution in [2.75, 3.05) is 12.0 Å². The number of hydrogen-bond donors (Lipinski definition) is 0. The minimum absolute atomic E-state index is 0.395. The van der Waals surface area contributed by atoms with Gasteiger partial charge in [0.15, 0.2) is 6.29 Å². The molecule has 1 rings (SSSR count). The lowest BCUT2D eigenvalue weighted by molar-refractivity contribution is 0.111. The largest absolute Gasteiger partial charge is 0.296 e. The summed E-state index contributed by atoms with van der Waals surface area (Å²) in [5.41, 5.74) is 0.395. The highest BCUT2D eigenvalue weighted by molar-refractivity contribution is 7.98. The molecule has 0 aliphatic carbocycles. The normalized spacial score (nSPS) is 9.91. The van der Waals surface area contributed by atoms with Gasteiger partial charge in [-0.05, 0) is 6.26 Å². The van der Waals surface area contributed by atoms with E-state index in [0.717, 1.165) is 12.3 Å². The minimum Gasteiger partial charge on any atom is -0.296 e. The maximum atomic E-state index is 10.2. The van der Waals surface area contributed by atoms with E-state index >= 15 is 0 Å². The molecule has 60 valence electrons. The first-order chi connectivity index (χ1) is 5.36. The molecule has 0 saturated heterocycles. The first-order valence-electron chi connectivity index (χ1n) is 3.21. The van der Waals surface area contributed by atoms with Gasteiger partial charge in [0.25, 0.3) is 0 Å². The van der Waals surface area contributed by atoms with Crippen molar-refractivity contribution in [1.29, 1.82) is 0 Å². The molecule has 11 heavy (non-hydrogen) atoms. The lowest BCUT2D eigenvalue weighted by Crippen LogP contribution is -2.00. The van der Waals surface area contributed by atoms with Crippen LogP contribution in [0.1, 0.15) is 10.5 Å². The number of aldehydes is 1. The second-order valence-electron chi connectivity index (χ2n) is 2.02. The number of nitrogens with zero attached hydrogens (tertiary/aromatic N) is 3. The lowest BCUT2D eigenvalue weighted by Gasteiger charge is -1.94. The van der Waals surface area contributed by atoms with Crippen LogP contribution in [0.2, 0.25) is 0 Å². The van der Waals surface area contributed by atoms with E-state index in [2.05, 4.69) is 10.3 Å². The Morgan fingerprint density at radius 3 is 3.18 bits per heavy atom. The summed E-state index contributed by atoms with van der Waals surface area (Å²) in [6.45, 7) is 0.808. The summed E-state index contributed by atoms with van der Waals surface area (Å²) in [7, 11) is 0. The quantitative estimate of drug-likeness (QED) is 0.617. The van der Waals surface area contributed by atoms with Gasteiger partial charge in [0.2, 0.25) is 0 Å². The van der Waals surface area contributed by atoms with Gasteiger partial charge in [0, 0.05) is 5.75 Å². The first-order valence-corrected chi connectivity index (χ1v) is 4.60. The molecule has 1 heterocycles. The molecule has 0 radical (unpaired) electrons. The Morgan fingerprint density at radius 1 is 1.82 bits per heavy atom. The zero-order valence-corrected chi connectivity index (χ0v) is 7.04. The smallest absolute Gasteiger partial charge is 0.171 e. The van der Waals surface area contributed by atoms with Gasteiger partial charge in [0.1, 0.15) is 5.69 Å². The van der Waals surface area contributed by atoms with Crippen molar-refractivity contribution in [1.82, 2.24) is 15.0 Å². The van der Waals surface area contributed by atoms with Crippen LogP contribution in [-0.2, 0) is 6.54 Å². The van der Waals surface area contributed by atoms with Crippen LogP contribution >= 0.6 is 11.8 Å². The third kappa shape index (κ3) is 2.34. The van der Waals surface area contributed by atoms with Gasteiger partial charge >= 0.3 is 0 Å². The molecule has 4 nitrogen and oxygen atoms in total. The maximum Gasteiger partial charge on any atom is 0.171 e. The fourth-order valence-electron chi connectivity index (χ4n) is 0.661. The third-order valence-electron chi connectivity index (χ3n) is 1.20. The highest BCUT2D eigenvalue weighted by Gasteiger charge is 1.96. The number of hydrogen-bond acceptors (Lipinski definition) is 4. The number of rotatable bonds is 4. The molecule has 0 atom stereocenters. The van der Waals surface area contributed by atoms with Crippen molar-refractivity contribution in [3.63, 3.8) is 0 Å². The van der Waals surface area contributed by atoms with Gasteiger partial charge in [-0.25, -0.2) is 0 Å². The number of thioether (sulfide) groups is 1. The van der Waals surface area contributed by atoms with Crippen LogP contribution < -0.4 is 0 Å². The van der Waals surface area contributed by atoms with Crippen LogP contribution in [0.5, 0.6) is 0 Å². The summed E-state index contributed by atoms with van der Waals surface area (Å²) in [4.78, 5) is 10.2. The molecule has 5 heteroatoms. The number of aromatic nitrogens is 3. The second-order valence-corrected chi connectivity index (χ2v) is 3.00. The molecule has 0 bridgehead atoms. The molecule has 0 unspecified atom stereocenters. The Kier molecular flexibility index (Phi) is 3.10. The van der Waals surface area contributed by atoms with Crippen molar-refractivity contribution in [2.24, 2.45) is 0 Å². The van der Waals surface area contributed by atoms with Crippen LogP contribution in [0.25, 0.3) is 0 Å². The van der Waals surface area contributed by atoms with E-state index in [9.17, 15) is 4.79 Å². The zero-order valence-electron chi connectivity index (χ0n) is 6.23. The van der Waals surface area contributed by atoms with Crippen molar-refractivity contribution >= 4 is 18.0 Å². The fraction of sp³-hybridized carbons (Fsp3) is 0.500. The highest BCUT2D eigenvalue weighted by Crippen LogP contribution is 1.94. The van der Waals surface area contributed by atoms with E-state index in [1.165, 1.54) is 0 Å². The van der Waals surface area contributed by atoms with Crippen LogP contribution in [0.4, 0.5) is 0 Å². The highest BCUT2D eigenvalue weighted by atomic mass is 32.2. The predicted octanol–water partition coefficient (Wildman–Crippen LogP) is 0.454. The Hall–Kier alpha value is -0.840. The maximum absolute atomic E-state index is 10.2. The zero-order chi connectivity index (χ0) is 8.10. The van der Waals surface area contributed by atoms with Gasteiger partial charge in [-0.3, -0.25) is 9.48 Å². The molecular weight excluding hydrogens is 162 g/mol. The topological polar surface area (TPSA) is 47.8 Å². The van der Waals surface area contributed by atoms with Crippen molar-refractivity contribution in [3.05, 3.63) is 11.9 Å². The van der Waals surface area contributed by atoms with E-state index in [1.54, 1.807) is 22.6 Å². The molecule has 0 aromatic carbocycles. The van der Waals surface area contributed by atoms with Crippen molar-refractivity contribution < 1.29 is 4.79 Å². The average Bonchev–Trinajstić information content (AvgIpc) is 2.48. The van der Waals surface area contributed by atoms with Crippen molar-refractivity contribution in [3.8, 4) is 0 Å². The van der Waals surface area contributed by atoms with Gasteiger partial charge in [-0.2, -0.15) is 11.8 Å². The van der Waals surface area contributed by atoms with Gasteiger partial charge < -0.3 is 0 Å². The average molecular weight is 171 g/mol. The molecular formula is C6H9N3OS. The Morgan fingerprint density at radius 2 is 2.64 bits per heavy atom. The van der Waals surface area contributed by atoms with Gasteiger partial charge in [-0.15, -0.1) is 5.10 Å². The van der Waals surface area contributed by atoms with Crippen LogP contribution in [0.15, 0.2) is 6.20 Å². The summed E-state index contributed by atoms with van der Waals surface area (Å²) < 4.78 is 1.67. The summed E-state index contributed by atoms with van der Waals surface area (Å²) >= 11 is 1.74. The summed E-state index contributed by atoms with van der Waals surface area (Å²) in [6.07, 6.45) is 4.36. The molecule has 0 fully saturated rings. The summed E-state index contributed by atoms with van der Waals surface area (Å²) in [5, 5.41) is 7.37. The molecule has 0 aliphatic heterocycles. The van der Waals surface area contributed by atoms with Gasteiger partial charge in [-0.1, -0.05) is 5.21 Å². The van der Waals surface area contributed by atoms with E-state index in [0.29, 0.717) is 12.0 Å². The monoisotopic (exact) mass is 171 g/mol. The summed E-state index contributed by atoms with van der Waals surface area (Å²) in [5.74, 6) is 0.988. The Balaban J connectivity index is 2.51. The van der Waals surface area contributed by atoms with Crippen LogP contribution in [0.3, 0.4) is 0 Å². The number of carbonyl (C=O) groups is 1. The molecule has 0 saturated carbocycles. The van der Waals surface area contributed by atoms with E-state index in [1.807, 2.05) is 6.26 Å². The Labute approximate surface area is 69.0 Å². The molecule has 1 aromatic heterocycles. The number of carbonyl (C=O) groups excluding carboxylic acids is 1. The van der Waals surface area contributed by atoms with Gasteiger partial charge in [0.05, 0.1) is 12.7 Å². The van der Waals surface area contributed by atoms with E-state index in [4.69, 9.17) is 0 Å². The second kappa shape index (κ2) is 4.12. The SMILES string of the molecule is CSCCn1cc(C=O)nn1. The van der Waals surface area contributed by atoms with E-state index in [-0.39, 0.29) is 0 Å². The Bertz CT molecular complexity index is 235. The summed E-state index contributed by atoms with van der Waals surface area (Å²) in [6, 6.07) is 0. The molecule has 1 aromatic rings. The standard InChI is InChI=1S/C6H9N3OS/c1-11-3-2-9-4-6(5-10)7-8-9/h4-5H,2-3H2,1H3. The number of aryl methyl sites for hydroxylation is 1. The molecule has 0 spiro atoms. The fourth-order valence-corrected chi connectivity index (χ4v) is 1.03. The molecule has 0 N–H and O–H groups in total. The van der Waals surface area contributed by atoms with Crippen molar-refractivity contribution in [2.45, 2.75) is 6.54 Å².